The Morgan fingerprint density at radius 2 is 1.96 bits per heavy atom. The quantitative estimate of drug-likeness (QED) is 0.815. The van der Waals surface area contributed by atoms with Gasteiger partial charge >= 0.3 is 6.09 Å². The summed E-state index contributed by atoms with van der Waals surface area (Å²) >= 11 is 12.1. The van der Waals surface area contributed by atoms with Crippen LogP contribution in [0.2, 0.25) is 10.0 Å². The van der Waals surface area contributed by atoms with E-state index in [2.05, 4.69) is 5.32 Å². The summed E-state index contributed by atoms with van der Waals surface area (Å²) in [7, 11) is 0. The monoisotopic (exact) mass is 401 g/mol. The molecule has 1 heterocycles. The van der Waals surface area contributed by atoms with Crippen LogP contribution in [0.3, 0.4) is 0 Å². The lowest BCUT2D eigenvalue weighted by molar-refractivity contribution is -0.117. The van der Waals surface area contributed by atoms with Gasteiger partial charge in [-0.25, -0.2) is 4.79 Å². The number of anilines is 1. The molecule has 1 aliphatic rings. The predicted molar refractivity (Wildman–Crippen MR) is 104 cm³/mol. The van der Waals surface area contributed by atoms with Crippen molar-refractivity contribution in [1.82, 2.24) is 9.80 Å². The molecule has 26 heavy (non-hydrogen) atoms. The molecule has 2 rings (SSSR count). The average molecular weight is 402 g/mol. The zero-order valence-electron chi connectivity index (χ0n) is 15.1. The Kier molecular flexibility index (Phi) is 8.00. The number of hydrogen-bond acceptors (Lipinski definition) is 4. The number of halogens is 2. The highest BCUT2D eigenvalue weighted by Crippen LogP contribution is 2.29. The largest absolute Gasteiger partial charge is 0.449 e. The second-order valence-corrected chi connectivity index (χ2v) is 7.52. The molecule has 1 N–H and O–H groups in total. The second kappa shape index (κ2) is 10.00. The standard InChI is InChI=1S/C18H25Cl2N3O3/c1-13(2)12-26-18(25)23-8-4-7-22(9-10-23)11-16(24)21-15-6-3-5-14(19)17(15)20/h3,5-6,13H,4,7-12H2,1-2H3,(H,21,24). The summed E-state index contributed by atoms with van der Waals surface area (Å²) in [5.41, 5.74) is 0.498. The van der Waals surface area contributed by atoms with E-state index < -0.39 is 0 Å². The first-order chi connectivity index (χ1) is 12.4. The van der Waals surface area contributed by atoms with Gasteiger partial charge in [-0.1, -0.05) is 43.1 Å². The number of benzene rings is 1. The van der Waals surface area contributed by atoms with E-state index in [9.17, 15) is 9.59 Å². The summed E-state index contributed by atoms with van der Waals surface area (Å²) in [5.74, 6) is 0.148. The highest BCUT2D eigenvalue weighted by atomic mass is 35.5. The van der Waals surface area contributed by atoms with Crippen LogP contribution in [-0.4, -0.2) is 61.1 Å². The van der Waals surface area contributed by atoms with Gasteiger partial charge in [-0.3, -0.25) is 9.69 Å². The van der Waals surface area contributed by atoms with Crippen LogP contribution in [0.25, 0.3) is 0 Å². The minimum absolute atomic E-state index is 0.162. The number of carbonyl (C=O) groups is 2. The van der Waals surface area contributed by atoms with Gasteiger partial charge in [0.1, 0.15) is 0 Å². The van der Waals surface area contributed by atoms with Crippen molar-refractivity contribution in [3.05, 3.63) is 28.2 Å². The molecule has 0 aromatic heterocycles. The fraction of sp³-hybridized carbons (Fsp3) is 0.556. The van der Waals surface area contributed by atoms with Crippen LogP contribution in [-0.2, 0) is 9.53 Å². The van der Waals surface area contributed by atoms with Crippen molar-refractivity contribution in [1.29, 1.82) is 0 Å². The normalized spacial score (nSPS) is 15.7. The molecule has 0 radical (unpaired) electrons. The van der Waals surface area contributed by atoms with Crippen LogP contribution in [0.1, 0.15) is 20.3 Å². The second-order valence-electron chi connectivity index (χ2n) is 6.74. The molecule has 1 saturated heterocycles. The van der Waals surface area contributed by atoms with Crippen molar-refractivity contribution in [2.45, 2.75) is 20.3 Å². The highest BCUT2D eigenvalue weighted by Gasteiger charge is 2.22. The van der Waals surface area contributed by atoms with Crippen molar-refractivity contribution in [3.63, 3.8) is 0 Å². The molecule has 144 valence electrons. The fourth-order valence-electron chi connectivity index (χ4n) is 2.63. The number of ether oxygens (including phenoxy) is 1. The van der Waals surface area contributed by atoms with E-state index in [0.717, 1.165) is 13.0 Å². The summed E-state index contributed by atoms with van der Waals surface area (Å²) in [6.07, 6.45) is 0.512. The molecule has 1 aliphatic heterocycles. The van der Waals surface area contributed by atoms with Gasteiger partial charge in [-0.05, 0) is 24.5 Å². The van der Waals surface area contributed by atoms with E-state index in [0.29, 0.717) is 47.9 Å². The Balaban J connectivity index is 1.82. The van der Waals surface area contributed by atoms with Gasteiger partial charge in [0.05, 0.1) is 28.9 Å². The Labute approximate surface area is 164 Å². The Morgan fingerprint density at radius 1 is 1.19 bits per heavy atom. The van der Waals surface area contributed by atoms with E-state index in [1.54, 1.807) is 23.1 Å². The van der Waals surface area contributed by atoms with Crippen LogP contribution >= 0.6 is 23.2 Å². The lowest BCUT2D eigenvalue weighted by Crippen LogP contribution is -2.38. The van der Waals surface area contributed by atoms with Crippen LogP contribution in [0.4, 0.5) is 10.5 Å². The average Bonchev–Trinajstić information content (AvgIpc) is 2.82. The SMILES string of the molecule is CC(C)COC(=O)N1CCCN(CC(=O)Nc2cccc(Cl)c2Cl)CC1. The minimum Gasteiger partial charge on any atom is -0.449 e. The van der Waals surface area contributed by atoms with Gasteiger partial charge in [0.25, 0.3) is 0 Å². The minimum atomic E-state index is -0.282. The molecular weight excluding hydrogens is 377 g/mol. The summed E-state index contributed by atoms with van der Waals surface area (Å²) in [4.78, 5) is 28.1. The fourth-order valence-corrected chi connectivity index (χ4v) is 2.98. The van der Waals surface area contributed by atoms with Crippen LogP contribution in [0.15, 0.2) is 18.2 Å². The maximum atomic E-state index is 12.3. The van der Waals surface area contributed by atoms with E-state index >= 15 is 0 Å². The van der Waals surface area contributed by atoms with Crippen LogP contribution in [0, 0.1) is 5.92 Å². The van der Waals surface area contributed by atoms with Crippen LogP contribution in [0.5, 0.6) is 0 Å². The first-order valence-corrected chi connectivity index (χ1v) is 9.50. The van der Waals surface area contributed by atoms with Crippen molar-refractivity contribution in [2.24, 2.45) is 5.92 Å². The Bertz CT molecular complexity index is 640. The number of nitrogens with one attached hydrogen (secondary N) is 1. The van der Waals surface area contributed by atoms with Crippen molar-refractivity contribution in [3.8, 4) is 0 Å². The van der Waals surface area contributed by atoms with Gasteiger partial charge in [-0.2, -0.15) is 0 Å². The molecule has 6 nitrogen and oxygen atoms in total. The molecule has 1 fully saturated rings. The molecule has 0 bridgehead atoms. The number of nitrogens with zero attached hydrogens (tertiary/aromatic N) is 2. The zero-order valence-corrected chi connectivity index (χ0v) is 16.6. The lowest BCUT2D eigenvalue weighted by atomic mass is 10.2. The number of carbonyl (C=O) groups excluding carboxylic acids is 2. The first kappa shape index (κ1) is 20.8. The lowest BCUT2D eigenvalue weighted by Gasteiger charge is -2.22. The zero-order chi connectivity index (χ0) is 19.1. The number of amides is 2. The van der Waals surface area contributed by atoms with E-state index in [1.165, 1.54) is 0 Å². The summed E-state index contributed by atoms with van der Waals surface area (Å²) < 4.78 is 5.28. The van der Waals surface area contributed by atoms with E-state index in [1.807, 2.05) is 18.7 Å². The van der Waals surface area contributed by atoms with Gasteiger partial charge in [0.2, 0.25) is 5.91 Å². The van der Waals surface area contributed by atoms with Crippen molar-refractivity contribution in [2.75, 3.05) is 44.6 Å². The third kappa shape index (κ3) is 6.34. The molecule has 1 aromatic carbocycles. The smallest absolute Gasteiger partial charge is 0.409 e. The number of hydrogen-bond donors (Lipinski definition) is 1. The maximum absolute atomic E-state index is 12.3. The molecule has 0 saturated carbocycles. The molecule has 8 heteroatoms. The predicted octanol–water partition coefficient (Wildman–Crippen LogP) is 3.73. The molecule has 1 aromatic rings. The molecule has 0 aliphatic carbocycles. The van der Waals surface area contributed by atoms with Crippen molar-refractivity contribution < 1.29 is 14.3 Å². The van der Waals surface area contributed by atoms with Gasteiger partial charge in [-0.15, -0.1) is 0 Å². The van der Waals surface area contributed by atoms with Gasteiger partial charge < -0.3 is 15.0 Å². The summed E-state index contributed by atoms with van der Waals surface area (Å²) in [6.45, 7) is 7.19. The summed E-state index contributed by atoms with van der Waals surface area (Å²) in [6, 6.07) is 5.11. The molecule has 0 spiro atoms. The topological polar surface area (TPSA) is 61.9 Å². The van der Waals surface area contributed by atoms with Crippen LogP contribution < -0.4 is 5.32 Å². The van der Waals surface area contributed by atoms with E-state index in [4.69, 9.17) is 27.9 Å². The number of rotatable bonds is 5. The van der Waals surface area contributed by atoms with E-state index in [-0.39, 0.29) is 18.5 Å². The third-order valence-electron chi connectivity index (χ3n) is 3.98. The molecule has 0 atom stereocenters. The maximum Gasteiger partial charge on any atom is 0.409 e. The van der Waals surface area contributed by atoms with Gasteiger partial charge in [0, 0.05) is 26.2 Å². The van der Waals surface area contributed by atoms with Crippen molar-refractivity contribution >= 4 is 40.9 Å². The molecule has 2 amide bonds. The highest BCUT2D eigenvalue weighted by molar-refractivity contribution is 6.43. The summed E-state index contributed by atoms with van der Waals surface area (Å²) in [5, 5.41) is 3.51. The molecular formula is C18H25Cl2N3O3. The first-order valence-electron chi connectivity index (χ1n) is 8.74. The molecule has 0 unspecified atom stereocenters. The third-order valence-corrected chi connectivity index (χ3v) is 4.80. The Morgan fingerprint density at radius 3 is 2.69 bits per heavy atom. The Hall–Kier alpha value is -1.50. The van der Waals surface area contributed by atoms with Gasteiger partial charge in [0.15, 0.2) is 0 Å².